The molecule has 2 rings (SSSR count). The van der Waals surface area contributed by atoms with Crippen LogP contribution in [0.3, 0.4) is 0 Å². The molecule has 0 unspecified atom stereocenters. The van der Waals surface area contributed by atoms with Crippen LogP contribution in [-0.2, 0) is 23.1 Å². The van der Waals surface area contributed by atoms with Gasteiger partial charge in [-0.15, -0.1) is 10.2 Å². The van der Waals surface area contributed by atoms with Crippen molar-refractivity contribution in [2.75, 3.05) is 11.1 Å². The second-order valence-electron chi connectivity index (χ2n) is 4.62. The van der Waals surface area contributed by atoms with E-state index in [1.54, 1.807) is 19.3 Å². The standard InChI is InChI=1S/C12H18N6O2S/c1-3-18-7-16-17-12(18)6-15-10-4-9(13)5-11(8(10)2)21(14,19)20/h4-5,7,15H,3,6,13H2,1-2H3,(H2,14,19,20). The summed E-state index contributed by atoms with van der Waals surface area (Å²) in [6.07, 6.45) is 1.64. The predicted octanol–water partition coefficient (Wildman–Crippen LogP) is 0.448. The summed E-state index contributed by atoms with van der Waals surface area (Å²) in [6, 6.07) is 3.01. The molecule has 0 aliphatic rings. The summed E-state index contributed by atoms with van der Waals surface area (Å²) >= 11 is 0. The van der Waals surface area contributed by atoms with Crippen LogP contribution >= 0.6 is 0 Å². The number of hydrogen-bond acceptors (Lipinski definition) is 6. The lowest BCUT2D eigenvalue weighted by Crippen LogP contribution is -2.16. The molecule has 0 radical (unpaired) electrons. The van der Waals surface area contributed by atoms with E-state index in [9.17, 15) is 8.42 Å². The zero-order chi connectivity index (χ0) is 15.6. The molecule has 5 N–H and O–H groups in total. The first-order chi connectivity index (χ1) is 9.82. The summed E-state index contributed by atoms with van der Waals surface area (Å²) in [5, 5.41) is 16.2. The number of nitrogens with zero attached hydrogens (tertiary/aromatic N) is 3. The number of primary sulfonamides is 1. The second-order valence-corrected chi connectivity index (χ2v) is 6.15. The molecule has 9 heteroatoms. The van der Waals surface area contributed by atoms with Crippen LogP contribution in [0.4, 0.5) is 11.4 Å². The molecule has 0 spiro atoms. The van der Waals surface area contributed by atoms with Crippen LogP contribution in [0.25, 0.3) is 0 Å². The summed E-state index contributed by atoms with van der Waals surface area (Å²) in [7, 11) is -3.82. The number of nitrogens with one attached hydrogen (secondary N) is 1. The number of aromatic nitrogens is 3. The fourth-order valence-corrected chi connectivity index (χ4v) is 2.88. The lowest BCUT2D eigenvalue weighted by Gasteiger charge is -2.13. The summed E-state index contributed by atoms with van der Waals surface area (Å²) < 4.78 is 25.0. The van der Waals surface area contributed by atoms with E-state index in [1.165, 1.54) is 6.07 Å². The first-order valence-corrected chi connectivity index (χ1v) is 7.91. The lowest BCUT2D eigenvalue weighted by atomic mass is 10.2. The Hall–Kier alpha value is -2.13. The third-order valence-corrected chi connectivity index (χ3v) is 4.20. The molecule has 1 aromatic carbocycles. The smallest absolute Gasteiger partial charge is 0.238 e. The first-order valence-electron chi connectivity index (χ1n) is 6.36. The van der Waals surface area contributed by atoms with Gasteiger partial charge in [0.2, 0.25) is 10.0 Å². The molecule has 2 aromatic rings. The fraction of sp³-hybridized carbons (Fsp3) is 0.333. The first kappa shape index (κ1) is 15.3. The van der Waals surface area contributed by atoms with Crippen LogP contribution in [0.2, 0.25) is 0 Å². The predicted molar refractivity (Wildman–Crippen MR) is 80.0 cm³/mol. The maximum Gasteiger partial charge on any atom is 0.238 e. The third-order valence-electron chi connectivity index (χ3n) is 3.16. The minimum atomic E-state index is -3.82. The van der Waals surface area contributed by atoms with Crippen LogP contribution < -0.4 is 16.2 Å². The van der Waals surface area contributed by atoms with E-state index in [2.05, 4.69) is 15.5 Å². The van der Waals surface area contributed by atoms with Crippen molar-refractivity contribution in [2.45, 2.75) is 31.8 Å². The number of hydrogen-bond donors (Lipinski definition) is 3. The molecule has 0 atom stereocenters. The highest BCUT2D eigenvalue weighted by atomic mass is 32.2. The van der Waals surface area contributed by atoms with Crippen molar-refractivity contribution in [2.24, 2.45) is 5.14 Å². The van der Waals surface area contributed by atoms with Gasteiger partial charge in [-0.05, 0) is 31.5 Å². The zero-order valence-electron chi connectivity index (χ0n) is 11.9. The van der Waals surface area contributed by atoms with Gasteiger partial charge >= 0.3 is 0 Å². The van der Waals surface area contributed by atoms with Gasteiger partial charge in [-0.25, -0.2) is 13.6 Å². The molecule has 0 aliphatic heterocycles. The fourth-order valence-electron chi connectivity index (χ4n) is 2.04. The number of nitrogen functional groups attached to an aromatic ring is 1. The Morgan fingerprint density at radius 2 is 2.10 bits per heavy atom. The van der Waals surface area contributed by atoms with Crippen molar-refractivity contribution < 1.29 is 8.42 Å². The Morgan fingerprint density at radius 1 is 1.38 bits per heavy atom. The molecule has 0 amide bonds. The maximum atomic E-state index is 11.6. The minimum absolute atomic E-state index is 0.0157. The number of anilines is 2. The van der Waals surface area contributed by atoms with Gasteiger partial charge in [0.15, 0.2) is 5.82 Å². The van der Waals surface area contributed by atoms with Crippen molar-refractivity contribution in [3.8, 4) is 0 Å². The van der Waals surface area contributed by atoms with Crippen LogP contribution in [0.15, 0.2) is 23.4 Å². The van der Waals surface area contributed by atoms with Crippen LogP contribution in [-0.4, -0.2) is 23.2 Å². The van der Waals surface area contributed by atoms with E-state index >= 15 is 0 Å². The topological polar surface area (TPSA) is 129 Å². The van der Waals surface area contributed by atoms with E-state index in [-0.39, 0.29) is 4.90 Å². The molecule has 1 aromatic heterocycles. The molecule has 21 heavy (non-hydrogen) atoms. The molecule has 0 saturated heterocycles. The Labute approximate surface area is 123 Å². The van der Waals surface area contributed by atoms with Crippen molar-refractivity contribution >= 4 is 21.4 Å². The SMILES string of the molecule is CCn1cnnc1CNc1cc(N)cc(S(N)(=O)=O)c1C. The molecule has 0 aliphatic carbocycles. The quantitative estimate of drug-likeness (QED) is 0.688. The molecular formula is C12H18N6O2S. The van der Waals surface area contributed by atoms with Gasteiger partial charge in [0, 0.05) is 17.9 Å². The molecule has 0 bridgehead atoms. The number of rotatable bonds is 5. The van der Waals surface area contributed by atoms with Crippen molar-refractivity contribution in [3.63, 3.8) is 0 Å². The molecule has 0 saturated carbocycles. The van der Waals surface area contributed by atoms with Crippen LogP contribution in [0.5, 0.6) is 0 Å². The van der Waals surface area contributed by atoms with E-state index < -0.39 is 10.0 Å². The largest absolute Gasteiger partial charge is 0.399 e. The molecule has 0 fully saturated rings. The van der Waals surface area contributed by atoms with Crippen LogP contribution in [0, 0.1) is 6.92 Å². The van der Waals surface area contributed by atoms with Gasteiger partial charge in [-0.1, -0.05) is 0 Å². The van der Waals surface area contributed by atoms with Gasteiger partial charge in [-0.3, -0.25) is 0 Å². The van der Waals surface area contributed by atoms with Crippen molar-refractivity contribution in [1.82, 2.24) is 14.8 Å². The summed E-state index contributed by atoms with van der Waals surface area (Å²) in [5.74, 6) is 0.747. The van der Waals surface area contributed by atoms with E-state index in [0.717, 1.165) is 12.4 Å². The Balaban J connectivity index is 2.31. The zero-order valence-corrected chi connectivity index (χ0v) is 12.7. The van der Waals surface area contributed by atoms with E-state index in [1.807, 2.05) is 11.5 Å². The number of nitrogens with two attached hydrogens (primary N) is 2. The molecule has 1 heterocycles. The summed E-state index contributed by atoms with van der Waals surface area (Å²) in [4.78, 5) is 0.0157. The van der Waals surface area contributed by atoms with Crippen molar-refractivity contribution in [3.05, 3.63) is 29.8 Å². The normalized spacial score (nSPS) is 11.6. The Kier molecular flexibility index (Phi) is 4.14. The van der Waals surface area contributed by atoms with Gasteiger partial charge in [0.1, 0.15) is 6.33 Å². The highest BCUT2D eigenvalue weighted by Gasteiger charge is 2.16. The van der Waals surface area contributed by atoms with E-state index in [0.29, 0.717) is 23.5 Å². The van der Waals surface area contributed by atoms with Crippen LogP contribution in [0.1, 0.15) is 18.3 Å². The Bertz CT molecular complexity index is 753. The third kappa shape index (κ3) is 3.31. The summed E-state index contributed by atoms with van der Waals surface area (Å²) in [6.45, 7) is 4.81. The minimum Gasteiger partial charge on any atom is -0.399 e. The number of benzene rings is 1. The average Bonchev–Trinajstić information content (AvgIpc) is 2.85. The van der Waals surface area contributed by atoms with Gasteiger partial charge in [0.25, 0.3) is 0 Å². The highest BCUT2D eigenvalue weighted by Crippen LogP contribution is 2.26. The number of sulfonamides is 1. The highest BCUT2D eigenvalue weighted by molar-refractivity contribution is 7.89. The van der Waals surface area contributed by atoms with E-state index in [4.69, 9.17) is 10.9 Å². The average molecular weight is 310 g/mol. The van der Waals surface area contributed by atoms with Gasteiger partial charge < -0.3 is 15.6 Å². The summed E-state index contributed by atoms with van der Waals surface area (Å²) in [5.41, 5.74) is 7.18. The lowest BCUT2D eigenvalue weighted by molar-refractivity contribution is 0.597. The van der Waals surface area contributed by atoms with Gasteiger partial charge in [-0.2, -0.15) is 0 Å². The molecule has 8 nitrogen and oxygen atoms in total. The Morgan fingerprint density at radius 3 is 2.71 bits per heavy atom. The monoisotopic (exact) mass is 310 g/mol. The van der Waals surface area contributed by atoms with Crippen molar-refractivity contribution in [1.29, 1.82) is 0 Å². The molecule has 114 valence electrons. The molecular weight excluding hydrogens is 292 g/mol. The second kappa shape index (κ2) is 5.70. The van der Waals surface area contributed by atoms with Gasteiger partial charge in [0.05, 0.1) is 11.4 Å². The number of aryl methyl sites for hydroxylation is 1. The maximum absolute atomic E-state index is 11.6.